The van der Waals surface area contributed by atoms with Gasteiger partial charge in [-0.3, -0.25) is 0 Å². The number of hydrogen-bond acceptors (Lipinski definition) is 2. The summed E-state index contributed by atoms with van der Waals surface area (Å²) in [4.78, 5) is 0. The molecule has 4 heteroatoms. The van der Waals surface area contributed by atoms with Crippen molar-refractivity contribution < 1.29 is 4.39 Å². The summed E-state index contributed by atoms with van der Waals surface area (Å²) in [5.41, 5.74) is 1.53. The predicted molar refractivity (Wildman–Crippen MR) is 75.0 cm³/mol. The van der Waals surface area contributed by atoms with Crippen LogP contribution in [0.1, 0.15) is 24.8 Å². The monoisotopic (exact) mass is 270 g/mol. The summed E-state index contributed by atoms with van der Waals surface area (Å²) in [7, 11) is 0. The van der Waals surface area contributed by atoms with Gasteiger partial charge in [0, 0.05) is 6.54 Å². The number of piperidine rings is 1. The molecule has 100 valence electrons. The molecule has 0 atom stereocenters. The fourth-order valence-corrected chi connectivity index (χ4v) is 2.64. The Balaban J connectivity index is 1.79. The Morgan fingerprint density at radius 3 is 2.78 bits per heavy atom. The van der Waals surface area contributed by atoms with E-state index in [-0.39, 0.29) is 0 Å². The van der Waals surface area contributed by atoms with Gasteiger partial charge in [-0.15, -0.1) is 0 Å². The first-order valence-corrected chi connectivity index (χ1v) is 6.96. The SMILES string of the molecule is FCc1ccc(NCCC2CCNCC2)c(Cl)c1. The highest BCUT2D eigenvalue weighted by Crippen LogP contribution is 2.24. The fourth-order valence-electron chi connectivity index (χ4n) is 2.37. The molecule has 2 nitrogen and oxygen atoms in total. The highest BCUT2D eigenvalue weighted by atomic mass is 35.5. The van der Waals surface area contributed by atoms with E-state index in [9.17, 15) is 4.39 Å². The number of alkyl halides is 1. The molecule has 1 aromatic carbocycles. The van der Waals surface area contributed by atoms with Gasteiger partial charge in [0.05, 0.1) is 10.7 Å². The Morgan fingerprint density at radius 2 is 2.11 bits per heavy atom. The zero-order valence-corrected chi connectivity index (χ0v) is 11.3. The lowest BCUT2D eigenvalue weighted by atomic mass is 9.95. The number of hydrogen-bond donors (Lipinski definition) is 2. The van der Waals surface area contributed by atoms with Crippen molar-refractivity contribution in [2.45, 2.75) is 25.9 Å². The number of anilines is 1. The molecule has 0 bridgehead atoms. The Kier molecular flexibility index (Phi) is 5.26. The van der Waals surface area contributed by atoms with Crippen LogP contribution in [0.3, 0.4) is 0 Å². The van der Waals surface area contributed by atoms with Crippen LogP contribution in [0.5, 0.6) is 0 Å². The van der Waals surface area contributed by atoms with Crippen molar-refractivity contribution in [1.29, 1.82) is 0 Å². The van der Waals surface area contributed by atoms with Gasteiger partial charge in [0.25, 0.3) is 0 Å². The van der Waals surface area contributed by atoms with E-state index >= 15 is 0 Å². The lowest BCUT2D eigenvalue weighted by molar-refractivity contribution is 0.361. The lowest BCUT2D eigenvalue weighted by Gasteiger charge is -2.22. The average Bonchev–Trinajstić information content (AvgIpc) is 2.42. The van der Waals surface area contributed by atoms with Crippen molar-refractivity contribution >= 4 is 17.3 Å². The minimum Gasteiger partial charge on any atom is -0.384 e. The molecule has 18 heavy (non-hydrogen) atoms. The molecule has 0 radical (unpaired) electrons. The first-order valence-electron chi connectivity index (χ1n) is 6.58. The molecule has 1 aliphatic heterocycles. The van der Waals surface area contributed by atoms with Crippen molar-refractivity contribution in [3.63, 3.8) is 0 Å². The second-order valence-electron chi connectivity index (χ2n) is 4.86. The van der Waals surface area contributed by atoms with Crippen LogP contribution in [-0.2, 0) is 6.67 Å². The van der Waals surface area contributed by atoms with E-state index in [0.29, 0.717) is 10.6 Å². The van der Waals surface area contributed by atoms with Crippen LogP contribution < -0.4 is 10.6 Å². The molecule has 1 saturated heterocycles. The smallest absolute Gasteiger partial charge is 0.115 e. The molecule has 2 rings (SSSR count). The first kappa shape index (κ1) is 13.6. The molecule has 0 spiro atoms. The quantitative estimate of drug-likeness (QED) is 0.854. The highest BCUT2D eigenvalue weighted by Gasteiger charge is 2.12. The van der Waals surface area contributed by atoms with Crippen molar-refractivity contribution in [3.8, 4) is 0 Å². The third-order valence-electron chi connectivity index (χ3n) is 3.51. The number of halogens is 2. The summed E-state index contributed by atoms with van der Waals surface area (Å²) in [6.45, 7) is 2.74. The topological polar surface area (TPSA) is 24.1 Å². The third-order valence-corrected chi connectivity index (χ3v) is 3.83. The summed E-state index contributed by atoms with van der Waals surface area (Å²) in [6.07, 6.45) is 3.69. The summed E-state index contributed by atoms with van der Waals surface area (Å²) in [6, 6.07) is 5.33. The van der Waals surface area contributed by atoms with E-state index in [0.717, 1.165) is 31.2 Å². The number of benzene rings is 1. The average molecular weight is 271 g/mol. The summed E-state index contributed by atoms with van der Waals surface area (Å²) in [5.74, 6) is 0.808. The molecule has 2 N–H and O–H groups in total. The van der Waals surface area contributed by atoms with E-state index in [4.69, 9.17) is 11.6 Å². The van der Waals surface area contributed by atoms with Crippen molar-refractivity contribution in [2.75, 3.05) is 25.0 Å². The molecule has 1 heterocycles. The van der Waals surface area contributed by atoms with Gasteiger partial charge in [0.2, 0.25) is 0 Å². The fraction of sp³-hybridized carbons (Fsp3) is 0.571. The van der Waals surface area contributed by atoms with Gasteiger partial charge in [-0.25, -0.2) is 4.39 Å². The molecule has 0 aliphatic carbocycles. The summed E-state index contributed by atoms with van der Waals surface area (Å²) >= 11 is 6.09. The number of rotatable bonds is 5. The molecule has 1 aliphatic rings. The third kappa shape index (κ3) is 3.85. The Bertz CT molecular complexity index is 378. The first-order chi connectivity index (χ1) is 8.79. The largest absolute Gasteiger partial charge is 0.384 e. The molecule has 0 unspecified atom stereocenters. The Morgan fingerprint density at radius 1 is 1.33 bits per heavy atom. The molecule has 1 fully saturated rings. The maximum absolute atomic E-state index is 12.4. The zero-order chi connectivity index (χ0) is 12.8. The standard InChI is InChI=1S/C14H20ClFN2/c15-13-9-12(10-16)1-2-14(13)18-8-5-11-3-6-17-7-4-11/h1-2,9,11,17-18H,3-8,10H2. The van der Waals surface area contributed by atoms with Crippen molar-refractivity contribution in [2.24, 2.45) is 5.92 Å². The van der Waals surface area contributed by atoms with Crippen LogP contribution in [0.25, 0.3) is 0 Å². The van der Waals surface area contributed by atoms with Gasteiger partial charge < -0.3 is 10.6 Å². The molecule has 1 aromatic rings. The summed E-state index contributed by atoms with van der Waals surface area (Å²) < 4.78 is 12.4. The van der Waals surface area contributed by atoms with E-state index in [1.165, 1.54) is 19.3 Å². The van der Waals surface area contributed by atoms with Crippen molar-refractivity contribution in [1.82, 2.24) is 5.32 Å². The number of nitrogens with one attached hydrogen (secondary N) is 2. The molecule has 0 saturated carbocycles. The van der Waals surface area contributed by atoms with Crippen LogP contribution >= 0.6 is 11.6 Å². The van der Waals surface area contributed by atoms with Gasteiger partial charge in [-0.1, -0.05) is 17.7 Å². The highest BCUT2D eigenvalue weighted by molar-refractivity contribution is 6.33. The normalized spacial score (nSPS) is 16.8. The van der Waals surface area contributed by atoms with Gasteiger partial charge in [-0.05, 0) is 56.0 Å². The van der Waals surface area contributed by atoms with E-state index in [1.807, 2.05) is 6.07 Å². The van der Waals surface area contributed by atoms with Gasteiger partial charge in [0.1, 0.15) is 6.67 Å². The predicted octanol–water partition coefficient (Wildman–Crippen LogP) is 3.61. The van der Waals surface area contributed by atoms with E-state index < -0.39 is 6.67 Å². The minimum atomic E-state index is -0.463. The van der Waals surface area contributed by atoms with Crippen LogP contribution in [0, 0.1) is 5.92 Å². The molecular weight excluding hydrogens is 251 g/mol. The van der Waals surface area contributed by atoms with Crippen molar-refractivity contribution in [3.05, 3.63) is 28.8 Å². The Labute approximate surface area is 113 Å². The minimum absolute atomic E-state index is 0.463. The molecule has 0 aromatic heterocycles. The Hall–Kier alpha value is -0.800. The van der Waals surface area contributed by atoms with Crippen LogP contribution in [0.2, 0.25) is 5.02 Å². The van der Waals surface area contributed by atoms with E-state index in [1.54, 1.807) is 12.1 Å². The van der Waals surface area contributed by atoms with Crippen LogP contribution in [0.4, 0.5) is 10.1 Å². The second kappa shape index (κ2) is 6.95. The maximum atomic E-state index is 12.4. The maximum Gasteiger partial charge on any atom is 0.115 e. The van der Waals surface area contributed by atoms with Gasteiger partial charge >= 0.3 is 0 Å². The molecule has 0 amide bonds. The zero-order valence-electron chi connectivity index (χ0n) is 10.5. The van der Waals surface area contributed by atoms with Crippen LogP contribution in [-0.4, -0.2) is 19.6 Å². The van der Waals surface area contributed by atoms with Gasteiger partial charge in [-0.2, -0.15) is 0 Å². The van der Waals surface area contributed by atoms with Gasteiger partial charge in [0.15, 0.2) is 0 Å². The van der Waals surface area contributed by atoms with Crippen LogP contribution in [0.15, 0.2) is 18.2 Å². The van der Waals surface area contributed by atoms with E-state index in [2.05, 4.69) is 10.6 Å². The molecular formula is C14H20ClFN2. The summed E-state index contributed by atoms with van der Waals surface area (Å²) in [5, 5.41) is 7.31. The second-order valence-corrected chi connectivity index (χ2v) is 5.26. The lowest BCUT2D eigenvalue weighted by Crippen LogP contribution is -2.28.